The van der Waals surface area contributed by atoms with E-state index in [1.54, 1.807) is 0 Å². The molecular weight excluding hydrogens is 236 g/mol. The lowest BCUT2D eigenvalue weighted by Gasteiger charge is -2.19. The molecular formula is C17H34O2. The fourth-order valence-electron chi connectivity index (χ4n) is 2.81. The van der Waals surface area contributed by atoms with Crippen molar-refractivity contribution in [1.82, 2.24) is 0 Å². The molecule has 2 heteroatoms. The number of carboxylic acids is 1. The number of aliphatic carboxylic acids is 1. The molecule has 0 fully saturated rings. The van der Waals surface area contributed by atoms with Crippen molar-refractivity contribution in [3.8, 4) is 0 Å². The van der Waals surface area contributed by atoms with Gasteiger partial charge in [0, 0.05) is 0 Å². The second-order valence-corrected chi connectivity index (χ2v) is 5.97. The molecule has 0 aromatic heterocycles. The van der Waals surface area contributed by atoms with Crippen LogP contribution in [0.1, 0.15) is 91.4 Å². The van der Waals surface area contributed by atoms with Gasteiger partial charge in [0.2, 0.25) is 0 Å². The van der Waals surface area contributed by atoms with Gasteiger partial charge in [0.1, 0.15) is 0 Å². The molecule has 1 N–H and O–H groups in total. The predicted octanol–water partition coefficient (Wildman–Crippen LogP) is 5.65. The summed E-state index contributed by atoms with van der Waals surface area (Å²) in [5.74, 6) is -0.393. The zero-order chi connectivity index (χ0) is 14.5. The monoisotopic (exact) mass is 270 g/mol. The molecule has 0 aliphatic carbocycles. The average Bonchev–Trinajstić information content (AvgIpc) is 2.36. The van der Waals surface area contributed by atoms with Gasteiger partial charge in [-0.05, 0) is 12.3 Å². The summed E-state index contributed by atoms with van der Waals surface area (Å²) in [5, 5.41) is 9.27. The molecule has 2 nitrogen and oxygen atoms in total. The standard InChI is InChI=1S/C17H34O2/c1-4-6-7-8-9-10-11-12-14-16(17(18)19)15(3)13-5-2/h15-16H,4-14H2,1-3H3,(H,18,19). The number of carbonyl (C=O) groups is 1. The maximum absolute atomic E-state index is 11.3. The lowest BCUT2D eigenvalue weighted by molar-refractivity contribution is -0.143. The number of hydrogen-bond acceptors (Lipinski definition) is 1. The van der Waals surface area contributed by atoms with E-state index in [0.29, 0.717) is 5.92 Å². The molecule has 0 aromatic carbocycles. The van der Waals surface area contributed by atoms with Crippen molar-refractivity contribution >= 4 is 5.97 Å². The number of unbranched alkanes of at least 4 members (excludes halogenated alkanes) is 7. The minimum absolute atomic E-state index is 0.125. The van der Waals surface area contributed by atoms with Crippen molar-refractivity contribution in [3.05, 3.63) is 0 Å². The molecule has 0 rings (SSSR count). The average molecular weight is 270 g/mol. The van der Waals surface area contributed by atoms with Crippen molar-refractivity contribution in [2.45, 2.75) is 91.4 Å². The van der Waals surface area contributed by atoms with E-state index in [2.05, 4.69) is 20.8 Å². The summed E-state index contributed by atoms with van der Waals surface area (Å²) < 4.78 is 0. The van der Waals surface area contributed by atoms with Crippen molar-refractivity contribution in [2.24, 2.45) is 11.8 Å². The first-order chi connectivity index (χ1) is 9.13. The van der Waals surface area contributed by atoms with Crippen LogP contribution in [0, 0.1) is 11.8 Å². The molecule has 0 saturated heterocycles. The summed E-state index contributed by atoms with van der Waals surface area (Å²) >= 11 is 0. The third kappa shape index (κ3) is 9.98. The Morgan fingerprint density at radius 3 is 1.84 bits per heavy atom. The predicted molar refractivity (Wildman–Crippen MR) is 82.4 cm³/mol. The largest absolute Gasteiger partial charge is 0.481 e. The van der Waals surface area contributed by atoms with Crippen LogP contribution in [0.15, 0.2) is 0 Å². The fourth-order valence-corrected chi connectivity index (χ4v) is 2.81. The van der Waals surface area contributed by atoms with Crippen LogP contribution in [-0.4, -0.2) is 11.1 Å². The van der Waals surface area contributed by atoms with E-state index in [9.17, 15) is 9.90 Å². The van der Waals surface area contributed by atoms with Crippen LogP contribution in [0.3, 0.4) is 0 Å². The molecule has 0 spiro atoms. The van der Waals surface area contributed by atoms with Crippen LogP contribution in [0.5, 0.6) is 0 Å². The van der Waals surface area contributed by atoms with E-state index in [1.807, 2.05) is 0 Å². The van der Waals surface area contributed by atoms with Gasteiger partial charge in [-0.15, -0.1) is 0 Å². The summed E-state index contributed by atoms with van der Waals surface area (Å²) in [7, 11) is 0. The van der Waals surface area contributed by atoms with E-state index in [1.165, 1.54) is 44.9 Å². The van der Waals surface area contributed by atoms with Gasteiger partial charge in [-0.3, -0.25) is 4.79 Å². The Bertz CT molecular complexity index is 213. The summed E-state index contributed by atoms with van der Waals surface area (Å²) in [6.45, 7) is 6.46. The molecule has 0 amide bonds. The highest BCUT2D eigenvalue weighted by Crippen LogP contribution is 2.23. The van der Waals surface area contributed by atoms with Crippen LogP contribution in [0.4, 0.5) is 0 Å². The van der Waals surface area contributed by atoms with Crippen molar-refractivity contribution in [3.63, 3.8) is 0 Å². The van der Waals surface area contributed by atoms with E-state index < -0.39 is 5.97 Å². The van der Waals surface area contributed by atoms with Gasteiger partial charge in [-0.1, -0.05) is 85.0 Å². The number of carboxylic acid groups (broad SMARTS) is 1. The Morgan fingerprint density at radius 1 is 0.842 bits per heavy atom. The fraction of sp³-hybridized carbons (Fsp3) is 0.941. The van der Waals surface area contributed by atoms with Crippen LogP contribution >= 0.6 is 0 Å². The van der Waals surface area contributed by atoms with Crippen molar-refractivity contribution < 1.29 is 9.90 Å². The van der Waals surface area contributed by atoms with Crippen LogP contribution < -0.4 is 0 Å². The van der Waals surface area contributed by atoms with Crippen LogP contribution in [-0.2, 0) is 4.79 Å². The Morgan fingerprint density at radius 2 is 1.37 bits per heavy atom. The van der Waals surface area contributed by atoms with Gasteiger partial charge in [0.25, 0.3) is 0 Å². The van der Waals surface area contributed by atoms with Crippen molar-refractivity contribution in [2.75, 3.05) is 0 Å². The topological polar surface area (TPSA) is 37.3 Å². The lowest BCUT2D eigenvalue weighted by Crippen LogP contribution is -2.21. The van der Waals surface area contributed by atoms with Gasteiger partial charge in [0.05, 0.1) is 5.92 Å². The normalized spacial score (nSPS) is 14.3. The maximum Gasteiger partial charge on any atom is 0.306 e. The van der Waals surface area contributed by atoms with Gasteiger partial charge >= 0.3 is 5.97 Å². The zero-order valence-electron chi connectivity index (χ0n) is 13.3. The second kappa shape index (κ2) is 12.5. The van der Waals surface area contributed by atoms with Crippen molar-refractivity contribution in [1.29, 1.82) is 0 Å². The van der Waals surface area contributed by atoms with Gasteiger partial charge in [0.15, 0.2) is 0 Å². The van der Waals surface area contributed by atoms with Gasteiger partial charge in [-0.2, -0.15) is 0 Å². The number of hydrogen-bond donors (Lipinski definition) is 1. The molecule has 0 aliphatic heterocycles. The summed E-state index contributed by atoms with van der Waals surface area (Å²) in [6, 6.07) is 0. The molecule has 19 heavy (non-hydrogen) atoms. The van der Waals surface area contributed by atoms with Crippen LogP contribution in [0.25, 0.3) is 0 Å². The number of rotatable bonds is 13. The minimum Gasteiger partial charge on any atom is -0.481 e. The molecule has 2 unspecified atom stereocenters. The molecule has 0 bridgehead atoms. The zero-order valence-corrected chi connectivity index (χ0v) is 13.3. The highest BCUT2D eigenvalue weighted by atomic mass is 16.4. The minimum atomic E-state index is -0.594. The molecule has 0 aromatic rings. The van der Waals surface area contributed by atoms with E-state index in [0.717, 1.165) is 25.7 Å². The highest BCUT2D eigenvalue weighted by molar-refractivity contribution is 5.70. The molecule has 0 aliphatic rings. The highest BCUT2D eigenvalue weighted by Gasteiger charge is 2.23. The SMILES string of the molecule is CCCCCCCCCCC(C(=O)O)C(C)CCC. The Kier molecular flexibility index (Phi) is 12.2. The van der Waals surface area contributed by atoms with E-state index in [-0.39, 0.29) is 5.92 Å². The van der Waals surface area contributed by atoms with E-state index in [4.69, 9.17) is 0 Å². The lowest BCUT2D eigenvalue weighted by atomic mass is 9.86. The molecule has 0 radical (unpaired) electrons. The smallest absolute Gasteiger partial charge is 0.306 e. The first-order valence-electron chi connectivity index (χ1n) is 8.36. The summed E-state index contributed by atoms with van der Waals surface area (Å²) in [4.78, 5) is 11.3. The third-order valence-corrected chi connectivity index (χ3v) is 4.12. The quantitative estimate of drug-likeness (QED) is 0.439. The third-order valence-electron chi connectivity index (χ3n) is 4.12. The summed E-state index contributed by atoms with van der Waals surface area (Å²) in [5.41, 5.74) is 0. The van der Waals surface area contributed by atoms with Gasteiger partial charge < -0.3 is 5.11 Å². The second-order valence-electron chi connectivity index (χ2n) is 5.97. The van der Waals surface area contributed by atoms with Crippen LogP contribution in [0.2, 0.25) is 0 Å². The Hall–Kier alpha value is -0.530. The first-order valence-corrected chi connectivity index (χ1v) is 8.36. The molecule has 114 valence electrons. The first kappa shape index (κ1) is 18.5. The summed E-state index contributed by atoms with van der Waals surface area (Å²) in [6.07, 6.45) is 13.2. The van der Waals surface area contributed by atoms with E-state index >= 15 is 0 Å². The Labute approximate surface area is 120 Å². The molecule has 0 saturated carbocycles. The maximum atomic E-state index is 11.3. The Balaban J connectivity index is 3.62. The molecule has 2 atom stereocenters. The van der Waals surface area contributed by atoms with Gasteiger partial charge in [-0.25, -0.2) is 0 Å². The molecule has 0 heterocycles.